The molecule has 1 aromatic carbocycles. The van der Waals surface area contributed by atoms with Gasteiger partial charge in [0.2, 0.25) is 0 Å². The van der Waals surface area contributed by atoms with Gasteiger partial charge in [0, 0.05) is 6.54 Å². The third-order valence-electron chi connectivity index (χ3n) is 3.24. The largest absolute Gasteiger partial charge is 0.493 e. The van der Waals surface area contributed by atoms with Crippen molar-refractivity contribution in [3.05, 3.63) is 47.4 Å². The summed E-state index contributed by atoms with van der Waals surface area (Å²) in [4.78, 5) is 0. The number of ether oxygens (including phenoxy) is 2. The fraction of sp³-hybridized carbons (Fsp3) is 0.375. The third kappa shape index (κ3) is 4.21. The van der Waals surface area contributed by atoms with Gasteiger partial charge in [-0.3, -0.25) is 0 Å². The minimum Gasteiger partial charge on any atom is -0.493 e. The van der Waals surface area contributed by atoms with E-state index < -0.39 is 6.61 Å². The molecule has 120 valence electrons. The van der Waals surface area contributed by atoms with E-state index in [1.165, 1.54) is 13.2 Å². The van der Waals surface area contributed by atoms with Gasteiger partial charge >= 0.3 is 6.61 Å². The highest BCUT2D eigenvalue weighted by atomic mass is 19.3. The smallest absolute Gasteiger partial charge is 0.387 e. The van der Waals surface area contributed by atoms with Crippen molar-refractivity contribution in [2.45, 2.75) is 33.0 Å². The molecule has 4 nitrogen and oxygen atoms in total. The molecule has 22 heavy (non-hydrogen) atoms. The molecule has 0 aliphatic heterocycles. The van der Waals surface area contributed by atoms with Crippen LogP contribution in [-0.4, -0.2) is 13.7 Å². The number of furan rings is 1. The summed E-state index contributed by atoms with van der Waals surface area (Å²) in [5, 5.41) is 3.30. The maximum absolute atomic E-state index is 12.3. The van der Waals surface area contributed by atoms with E-state index in [0.717, 1.165) is 17.1 Å². The second-order valence-corrected chi connectivity index (χ2v) is 4.91. The van der Waals surface area contributed by atoms with Crippen LogP contribution in [0.3, 0.4) is 0 Å². The Bertz CT molecular complexity index is 613. The number of hydrogen-bond acceptors (Lipinski definition) is 4. The van der Waals surface area contributed by atoms with E-state index in [2.05, 4.69) is 10.1 Å². The molecule has 1 aromatic heterocycles. The zero-order valence-corrected chi connectivity index (χ0v) is 12.7. The van der Waals surface area contributed by atoms with E-state index in [1.54, 1.807) is 12.1 Å². The number of aryl methyl sites for hydroxylation is 1. The molecule has 0 bridgehead atoms. The Hall–Kier alpha value is -2.08. The van der Waals surface area contributed by atoms with Crippen LogP contribution in [0.1, 0.15) is 30.0 Å². The molecular formula is C16H19F2NO3. The summed E-state index contributed by atoms with van der Waals surface area (Å²) < 4.78 is 39.6. The molecule has 0 spiro atoms. The Kier molecular flexibility index (Phi) is 5.38. The van der Waals surface area contributed by atoms with Gasteiger partial charge in [-0.1, -0.05) is 6.07 Å². The number of rotatable bonds is 7. The molecule has 1 atom stereocenters. The van der Waals surface area contributed by atoms with Crippen molar-refractivity contribution in [1.29, 1.82) is 0 Å². The molecule has 2 rings (SSSR count). The molecule has 6 heteroatoms. The van der Waals surface area contributed by atoms with Crippen molar-refractivity contribution in [2.24, 2.45) is 0 Å². The van der Waals surface area contributed by atoms with Crippen LogP contribution in [0.5, 0.6) is 11.5 Å². The minimum atomic E-state index is -2.87. The van der Waals surface area contributed by atoms with Crippen molar-refractivity contribution in [1.82, 2.24) is 5.32 Å². The SMILES string of the molecule is COc1cc(CNC(C)c2ccc(C)o2)ccc1OC(F)F. The monoisotopic (exact) mass is 311 g/mol. The van der Waals surface area contributed by atoms with Gasteiger partial charge < -0.3 is 19.2 Å². The molecule has 0 amide bonds. The van der Waals surface area contributed by atoms with E-state index in [9.17, 15) is 8.78 Å². The summed E-state index contributed by atoms with van der Waals surface area (Å²) in [6, 6.07) is 8.74. The molecule has 1 N–H and O–H groups in total. The molecule has 1 heterocycles. The topological polar surface area (TPSA) is 43.6 Å². The lowest BCUT2D eigenvalue weighted by atomic mass is 10.1. The predicted octanol–water partition coefficient (Wildman–Crippen LogP) is 4.05. The summed E-state index contributed by atoms with van der Waals surface area (Å²) in [5.74, 6) is 2.01. The maximum atomic E-state index is 12.3. The quantitative estimate of drug-likeness (QED) is 0.838. The summed E-state index contributed by atoms with van der Waals surface area (Å²) in [7, 11) is 1.42. The van der Waals surface area contributed by atoms with Crippen molar-refractivity contribution in [3.8, 4) is 11.5 Å². The van der Waals surface area contributed by atoms with Gasteiger partial charge in [-0.15, -0.1) is 0 Å². The van der Waals surface area contributed by atoms with Crippen LogP contribution in [0.4, 0.5) is 8.78 Å². The number of nitrogens with one attached hydrogen (secondary N) is 1. The zero-order chi connectivity index (χ0) is 16.1. The van der Waals surface area contributed by atoms with E-state index in [-0.39, 0.29) is 17.5 Å². The third-order valence-corrected chi connectivity index (χ3v) is 3.24. The van der Waals surface area contributed by atoms with Gasteiger partial charge in [0.25, 0.3) is 0 Å². The second-order valence-electron chi connectivity index (χ2n) is 4.91. The van der Waals surface area contributed by atoms with Crippen molar-refractivity contribution in [3.63, 3.8) is 0 Å². The fourth-order valence-electron chi connectivity index (χ4n) is 2.07. The number of hydrogen-bond donors (Lipinski definition) is 1. The lowest BCUT2D eigenvalue weighted by Crippen LogP contribution is -2.17. The molecule has 0 aliphatic rings. The number of benzene rings is 1. The average Bonchev–Trinajstić information content (AvgIpc) is 2.92. The standard InChI is InChI=1S/C16H19F2NO3/c1-10-4-6-13(21-10)11(2)19-9-12-5-7-14(22-16(17)18)15(8-12)20-3/h4-8,11,16,19H,9H2,1-3H3. The molecule has 1 unspecified atom stereocenters. The number of alkyl halides is 2. The summed E-state index contributed by atoms with van der Waals surface area (Å²) in [5.41, 5.74) is 0.897. The Balaban J connectivity index is 2.00. The first-order valence-corrected chi connectivity index (χ1v) is 6.91. The Labute approximate surface area is 128 Å². The summed E-state index contributed by atoms with van der Waals surface area (Å²) in [6.07, 6.45) is 0. The van der Waals surface area contributed by atoms with Crippen molar-refractivity contribution >= 4 is 0 Å². The van der Waals surface area contributed by atoms with Crippen LogP contribution in [0.15, 0.2) is 34.7 Å². The van der Waals surface area contributed by atoms with Crippen LogP contribution in [0.2, 0.25) is 0 Å². The summed E-state index contributed by atoms with van der Waals surface area (Å²) in [6.45, 7) is 1.55. The molecule has 0 aliphatic carbocycles. The van der Waals surface area contributed by atoms with Crippen molar-refractivity contribution in [2.75, 3.05) is 7.11 Å². The second kappa shape index (κ2) is 7.26. The van der Waals surface area contributed by atoms with Gasteiger partial charge in [-0.2, -0.15) is 8.78 Å². The van der Waals surface area contributed by atoms with E-state index in [4.69, 9.17) is 9.15 Å². The van der Waals surface area contributed by atoms with E-state index in [0.29, 0.717) is 6.54 Å². The van der Waals surface area contributed by atoms with Gasteiger partial charge in [-0.25, -0.2) is 0 Å². The Morgan fingerprint density at radius 3 is 2.55 bits per heavy atom. The summed E-state index contributed by atoms with van der Waals surface area (Å²) >= 11 is 0. The highest BCUT2D eigenvalue weighted by Crippen LogP contribution is 2.29. The van der Waals surface area contributed by atoms with E-state index in [1.807, 2.05) is 26.0 Å². The molecular weight excluding hydrogens is 292 g/mol. The van der Waals surface area contributed by atoms with Gasteiger partial charge in [0.1, 0.15) is 11.5 Å². The highest BCUT2D eigenvalue weighted by Gasteiger charge is 2.12. The molecule has 0 saturated heterocycles. The number of halogens is 2. The maximum Gasteiger partial charge on any atom is 0.387 e. The Morgan fingerprint density at radius 1 is 1.18 bits per heavy atom. The first-order chi connectivity index (χ1) is 10.5. The van der Waals surface area contributed by atoms with Crippen LogP contribution in [-0.2, 0) is 6.54 Å². The minimum absolute atomic E-state index is 0.0240. The Morgan fingerprint density at radius 2 is 1.95 bits per heavy atom. The molecule has 0 saturated carbocycles. The first kappa shape index (κ1) is 16.3. The van der Waals surface area contributed by atoms with Crippen LogP contribution >= 0.6 is 0 Å². The van der Waals surface area contributed by atoms with Crippen molar-refractivity contribution < 1.29 is 22.7 Å². The van der Waals surface area contributed by atoms with E-state index >= 15 is 0 Å². The lowest BCUT2D eigenvalue weighted by molar-refractivity contribution is -0.0512. The average molecular weight is 311 g/mol. The highest BCUT2D eigenvalue weighted by molar-refractivity contribution is 5.43. The zero-order valence-electron chi connectivity index (χ0n) is 12.7. The van der Waals surface area contributed by atoms with Crippen LogP contribution in [0, 0.1) is 6.92 Å². The van der Waals surface area contributed by atoms with Gasteiger partial charge in [0.15, 0.2) is 11.5 Å². The first-order valence-electron chi connectivity index (χ1n) is 6.91. The van der Waals surface area contributed by atoms with Crippen LogP contribution < -0.4 is 14.8 Å². The fourth-order valence-corrected chi connectivity index (χ4v) is 2.07. The molecule has 0 radical (unpaired) electrons. The van der Waals surface area contributed by atoms with Gasteiger partial charge in [0.05, 0.1) is 13.2 Å². The number of methoxy groups -OCH3 is 1. The van der Waals surface area contributed by atoms with Crippen LogP contribution in [0.25, 0.3) is 0 Å². The predicted molar refractivity (Wildman–Crippen MR) is 78.3 cm³/mol. The molecule has 0 fully saturated rings. The van der Waals surface area contributed by atoms with Gasteiger partial charge in [-0.05, 0) is 43.7 Å². The lowest BCUT2D eigenvalue weighted by Gasteiger charge is -2.14. The molecule has 2 aromatic rings. The normalized spacial score (nSPS) is 12.5.